The van der Waals surface area contributed by atoms with Crippen molar-refractivity contribution < 1.29 is 14.3 Å². The van der Waals surface area contributed by atoms with Gasteiger partial charge in [-0.1, -0.05) is 26.0 Å². The number of rotatable bonds is 5. The molecule has 1 fully saturated rings. The monoisotopic (exact) mass is 280 g/mol. The fourth-order valence-corrected chi connectivity index (χ4v) is 2.02. The molecule has 0 aromatic heterocycles. The standard InChI is InChI=1S/C15H21FN2O2/c1-14(2,10-19)9-17-13(20)18-15(7-8-15)11-3-5-12(16)6-4-11/h3-6,19H,7-10H2,1-2H3,(H2,17,18,20). The van der Waals surface area contributed by atoms with Crippen molar-refractivity contribution in [1.82, 2.24) is 10.6 Å². The maximum Gasteiger partial charge on any atom is 0.315 e. The molecule has 3 N–H and O–H groups in total. The lowest BCUT2D eigenvalue weighted by atomic mass is 9.95. The van der Waals surface area contributed by atoms with Gasteiger partial charge in [-0.05, 0) is 30.5 Å². The summed E-state index contributed by atoms with van der Waals surface area (Å²) >= 11 is 0. The number of urea groups is 1. The van der Waals surface area contributed by atoms with Crippen LogP contribution >= 0.6 is 0 Å². The van der Waals surface area contributed by atoms with Crippen molar-refractivity contribution in [3.8, 4) is 0 Å². The minimum Gasteiger partial charge on any atom is -0.396 e. The predicted molar refractivity (Wildman–Crippen MR) is 74.7 cm³/mol. The molecule has 0 heterocycles. The highest BCUT2D eigenvalue weighted by Crippen LogP contribution is 2.45. The van der Waals surface area contributed by atoms with Gasteiger partial charge in [0, 0.05) is 18.6 Å². The van der Waals surface area contributed by atoms with Crippen LogP contribution in [0.25, 0.3) is 0 Å². The first-order chi connectivity index (χ1) is 9.37. The SMILES string of the molecule is CC(C)(CO)CNC(=O)NC1(c2ccc(F)cc2)CC1. The lowest BCUT2D eigenvalue weighted by molar-refractivity contribution is 0.156. The van der Waals surface area contributed by atoms with E-state index in [2.05, 4.69) is 10.6 Å². The molecule has 0 saturated heterocycles. The molecule has 2 rings (SSSR count). The van der Waals surface area contributed by atoms with Crippen molar-refractivity contribution in [2.75, 3.05) is 13.2 Å². The molecule has 0 unspecified atom stereocenters. The smallest absolute Gasteiger partial charge is 0.315 e. The largest absolute Gasteiger partial charge is 0.396 e. The van der Waals surface area contributed by atoms with Crippen LogP contribution in [0.4, 0.5) is 9.18 Å². The summed E-state index contributed by atoms with van der Waals surface area (Å²) in [6.07, 6.45) is 1.71. The van der Waals surface area contributed by atoms with E-state index in [0.29, 0.717) is 6.54 Å². The number of amides is 2. The van der Waals surface area contributed by atoms with Gasteiger partial charge < -0.3 is 15.7 Å². The van der Waals surface area contributed by atoms with Gasteiger partial charge in [-0.2, -0.15) is 0 Å². The fraction of sp³-hybridized carbons (Fsp3) is 0.533. The molecule has 0 aliphatic heterocycles. The van der Waals surface area contributed by atoms with Crippen LogP contribution < -0.4 is 10.6 Å². The van der Waals surface area contributed by atoms with Gasteiger partial charge in [0.15, 0.2) is 0 Å². The quantitative estimate of drug-likeness (QED) is 0.774. The Hall–Kier alpha value is -1.62. The molecule has 1 aliphatic carbocycles. The molecule has 1 saturated carbocycles. The van der Waals surface area contributed by atoms with E-state index in [1.165, 1.54) is 12.1 Å². The van der Waals surface area contributed by atoms with Crippen molar-refractivity contribution in [1.29, 1.82) is 0 Å². The summed E-state index contributed by atoms with van der Waals surface area (Å²) in [4.78, 5) is 11.9. The Balaban J connectivity index is 1.92. The zero-order valence-corrected chi connectivity index (χ0v) is 11.9. The van der Waals surface area contributed by atoms with E-state index in [-0.39, 0.29) is 29.4 Å². The van der Waals surface area contributed by atoms with E-state index in [4.69, 9.17) is 5.11 Å². The van der Waals surface area contributed by atoms with E-state index in [9.17, 15) is 9.18 Å². The van der Waals surface area contributed by atoms with Crippen LogP contribution in [0.15, 0.2) is 24.3 Å². The minimum atomic E-state index is -0.360. The first-order valence-electron chi connectivity index (χ1n) is 6.80. The van der Waals surface area contributed by atoms with Gasteiger partial charge in [-0.25, -0.2) is 9.18 Å². The highest BCUT2D eigenvalue weighted by Gasteiger charge is 2.45. The number of benzene rings is 1. The minimum absolute atomic E-state index is 0.0103. The molecule has 1 aromatic carbocycles. The number of hydrogen-bond acceptors (Lipinski definition) is 2. The molecule has 2 amide bonds. The average molecular weight is 280 g/mol. The maximum atomic E-state index is 12.9. The summed E-state index contributed by atoms with van der Waals surface area (Å²) in [6.45, 7) is 4.16. The third-order valence-corrected chi connectivity index (χ3v) is 3.66. The lowest BCUT2D eigenvalue weighted by Gasteiger charge is -2.24. The summed E-state index contributed by atoms with van der Waals surface area (Å²) in [5.41, 5.74) is 0.223. The van der Waals surface area contributed by atoms with Crippen molar-refractivity contribution >= 4 is 6.03 Å². The number of halogens is 1. The molecule has 5 heteroatoms. The van der Waals surface area contributed by atoms with Gasteiger partial charge >= 0.3 is 6.03 Å². The second-order valence-corrected chi connectivity index (χ2v) is 6.22. The molecular formula is C15H21FN2O2. The molecule has 0 spiro atoms. The molecular weight excluding hydrogens is 259 g/mol. The fourth-order valence-electron chi connectivity index (χ4n) is 2.02. The normalized spacial score (nSPS) is 16.6. The molecule has 20 heavy (non-hydrogen) atoms. The second kappa shape index (κ2) is 5.40. The third kappa shape index (κ3) is 3.48. The number of aliphatic hydroxyl groups excluding tert-OH is 1. The molecule has 0 atom stereocenters. The molecule has 0 bridgehead atoms. The first-order valence-corrected chi connectivity index (χ1v) is 6.80. The van der Waals surface area contributed by atoms with Crippen LogP contribution in [0, 0.1) is 11.2 Å². The Morgan fingerprint density at radius 2 is 1.95 bits per heavy atom. The predicted octanol–water partition coefficient (Wildman–Crippen LogP) is 2.13. The molecule has 4 nitrogen and oxygen atoms in total. The van der Waals surface area contributed by atoms with Crippen LogP contribution in [0.2, 0.25) is 0 Å². The number of nitrogens with one attached hydrogen (secondary N) is 2. The van der Waals surface area contributed by atoms with E-state index >= 15 is 0 Å². The van der Waals surface area contributed by atoms with Gasteiger partial charge in [0.1, 0.15) is 5.82 Å². The van der Waals surface area contributed by atoms with E-state index in [1.54, 1.807) is 12.1 Å². The van der Waals surface area contributed by atoms with Gasteiger partial charge in [0.2, 0.25) is 0 Å². The van der Waals surface area contributed by atoms with Gasteiger partial charge in [0.25, 0.3) is 0 Å². The van der Waals surface area contributed by atoms with Crippen LogP contribution in [0.3, 0.4) is 0 Å². The Kier molecular flexibility index (Phi) is 3.99. The molecule has 0 radical (unpaired) electrons. The highest BCUT2D eigenvalue weighted by atomic mass is 19.1. The topological polar surface area (TPSA) is 61.4 Å². The summed E-state index contributed by atoms with van der Waals surface area (Å²) in [5, 5.41) is 14.9. The van der Waals surface area contributed by atoms with Gasteiger partial charge in [-0.15, -0.1) is 0 Å². The lowest BCUT2D eigenvalue weighted by Crippen LogP contribution is -2.45. The van der Waals surface area contributed by atoms with E-state index in [1.807, 2.05) is 13.8 Å². The highest BCUT2D eigenvalue weighted by molar-refractivity contribution is 5.75. The van der Waals surface area contributed by atoms with E-state index < -0.39 is 0 Å². The zero-order chi connectivity index (χ0) is 14.8. The Morgan fingerprint density at radius 3 is 2.45 bits per heavy atom. The summed E-state index contributed by atoms with van der Waals surface area (Å²) < 4.78 is 12.9. The number of carbonyl (C=O) groups excluding carboxylic acids is 1. The average Bonchev–Trinajstić information content (AvgIpc) is 3.18. The zero-order valence-electron chi connectivity index (χ0n) is 11.9. The van der Waals surface area contributed by atoms with Crippen LogP contribution in [-0.2, 0) is 5.54 Å². The Labute approximate surface area is 118 Å². The summed E-state index contributed by atoms with van der Waals surface area (Å²) in [6, 6.07) is 5.97. The maximum absolute atomic E-state index is 12.9. The molecule has 110 valence electrons. The van der Waals surface area contributed by atoms with Crippen LogP contribution in [-0.4, -0.2) is 24.3 Å². The number of carbonyl (C=O) groups is 1. The number of hydrogen-bond donors (Lipinski definition) is 3. The van der Waals surface area contributed by atoms with Crippen molar-refractivity contribution in [2.45, 2.75) is 32.2 Å². The Morgan fingerprint density at radius 1 is 1.35 bits per heavy atom. The first kappa shape index (κ1) is 14.8. The third-order valence-electron chi connectivity index (χ3n) is 3.66. The molecule has 1 aromatic rings. The Bertz CT molecular complexity index is 481. The van der Waals surface area contributed by atoms with Crippen molar-refractivity contribution in [3.63, 3.8) is 0 Å². The molecule has 1 aliphatic rings. The van der Waals surface area contributed by atoms with Crippen molar-refractivity contribution in [3.05, 3.63) is 35.6 Å². The summed E-state index contributed by atoms with van der Waals surface area (Å²) in [7, 11) is 0. The van der Waals surface area contributed by atoms with Gasteiger partial charge in [0.05, 0.1) is 5.54 Å². The van der Waals surface area contributed by atoms with Crippen LogP contribution in [0.1, 0.15) is 32.3 Å². The number of aliphatic hydroxyl groups is 1. The van der Waals surface area contributed by atoms with Crippen LogP contribution in [0.5, 0.6) is 0 Å². The van der Waals surface area contributed by atoms with E-state index in [0.717, 1.165) is 18.4 Å². The van der Waals surface area contributed by atoms with Gasteiger partial charge in [-0.3, -0.25) is 0 Å². The second-order valence-electron chi connectivity index (χ2n) is 6.22. The van der Waals surface area contributed by atoms with Crippen molar-refractivity contribution in [2.24, 2.45) is 5.41 Å². The summed E-state index contributed by atoms with van der Waals surface area (Å²) in [5.74, 6) is -0.279.